The molecule has 27 heavy (non-hydrogen) atoms. The summed E-state index contributed by atoms with van der Waals surface area (Å²) in [4.78, 5) is 12.5. The first-order chi connectivity index (χ1) is 13.2. The standard InChI is InChI=1S/C20H22FN5O/c21-15-5-7-16(8-6-15)24-19-18-17(9-10-23-20(18)27)26(25-19)12-14-4-2-1-3-13(14)11-22/h5-8,13-14H,1-4,9-10,12H2,(H,23,27)(H,24,25)/t13-,14+/m0/s1. The molecule has 0 radical (unpaired) electrons. The van der Waals surface area contributed by atoms with Gasteiger partial charge in [-0.3, -0.25) is 9.48 Å². The molecule has 2 atom stereocenters. The Morgan fingerprint density at radius 3 is 2.85 bits per heavy atom. The number of nitrogens with one attached hydrogen (secondary N) is 2. The van der Waals surface area contributed by atoms with Gasteiger partial charge < -0.3 is 10.6 Å². The average Bonchev–Trinajstić information content (AvgIpc) is 3.02. The van der Waals surface area contributed by atoms with Crippen molar-refractivity contribution in [3.8, 4) is 6.07 Å². The van der Waals surface area contributed by atoms with Crippen LogP contribution in [-0.4, -0.2) is 22.2 Å². The Morgan fingerprint density at radius 2 is 2.07 bits per heavy atom. The maximum absolute atomic E-state index is 13.2. The van der Waals surface area contributed by atoms with Gasteiger partial charge in [0, 0.05) is 25.2 Å². The van der Waals surface area contributed by atoms with Crippen LogP contribution >= 0.6 is 0 Å². The quantitative estimate of drug-likeness (QED) is 0.868. The molecular formula is C20H22FN5O. The number of nitrogens with zero attached hydrogens (tertiary/aromatic N) is 3. The Hall–Kier alpha value is -2.88. The van der Waals surface area contributed by atoms with Crippen LogP contribution in [0.1, 0.15) is 41.7 Å². The molecule has 1 aliphatic heterocycles. The molecule has 1 aliphatic carbocycles. The van der Waals surface area contributed by atoms with Crippen molar-refractivity contribution in [1.82, 2.24) is 15.1 Å². The summed E-state index contributed by atoms with van der Waals surface area (Å²) >= 11 is 0. The van der Waals surface area contributed by atoms with E-state index < -0.39 is 0 Å². The van der Waals surface area contributed by atoms with E-state index in [4.69, 9.17) is 0 Å². The number of nitriles is 1. The third kappa shape index (κ3) is 3.52. The van der Waals surface area contributed by atoms with Gasteiger partial charge in [0.05, 0.1) is 17.7 Å². The number of rotatable bonds is 4. The summed E-state index contributed by atoms with van der Waals surface area (Å²) in [6, 6.07) is 8.42. The lowest BCUT2D eigenvalue weighted by molar-refractivity contribution is 0.0945. The normalized spacial score (nSPS) is 21.9. The van der Waals surface area contributed by atoms with Crippen molar-refractivity contribution < 1.29 is 9.18 Å². The van der Waals surface area contributed by atoms with Crippen molar-refractivity contribution in [2.24, 2.45) is 11.8 Å². The molecule has 0 unspecified atom stereocenters. The van der Waals surface area contributed by atoms with Crippen LogP contribution in [0.5, 0.6) is 0 Å². The molecule has 2 aliphatic rings. The highest BCUT2D eigenvalue weighted by molar-refractivity contribution is 6.01. The lowest BCUT2D eigenvalue weighted by atomic mass is 9.80. The summed E-state index contributed by atoms with van der Waals surface area (Å²) in [5, 5.41) is 20.1. The minimum Gasteiger partial charge on any atom is -0.351 e. The van der Waals surface area contributed by atoms with Gasteiger partial charge in [-0.25, -0.2) is 4.39 Å². The van der Waals surface area contributed by atoms with Crippen LogP contribution in [0.2, 0.25) is 0 Å². The lowest BCUT2D eigenvalue weighted by Crippen LogP contribution is -2.33. The van der Waals surface area contributed by atoms with Crippen molar-refractivity contribution >= 4 is 17.4 Å². The molecule has 1 aromatic heterocycles. The average molecular weight is 367 g/mol. The number of benzene rings is 1. The summed E-state index contributed by atoms with van der Waals surface area (Å²) in [7, 11) is 0. The number of amides is 1. The van der Waals surface area contributed by atoms with Crippen LogP contribution in [0.3, 0.4) is 0 Å². The molecule has 1 saturated carbocycles. The Balaban J connectivity index is 1.65. The molecular weight excluding hydrogens is 345 g/mol. The number of hydrogen-bond donors (Lipinski definition) is 2. The Labute approximate surface area is 157 Å². The number of hydrogen-bond acceptors (Lipinski definition) is 4. The van der Waals surface area contributed by atoms with Gasteiger partial charge in [-0.2, -0.15) is 10.4 Å². The van der Waals surface area contributed by atoms with E-state index in [9.17, 15) is 14.4 Å². The van der Waals surface area contributed by atoms with Crippen molar-refractivity contribution in [3.63, 3.8) is 0 Å². The number of aromatic nitrogens is 2. The fraction of sp³-hybridized carbons (Fsp3) is 0.450. The van der Waals surface area contributed by atoms with Gasteiger partial charge >= 0.3 is 0 Å². The van der Waals surface area contributed by atoms with E-state index >= 15 is 0 Å². The van der Waals surface area contributed by atoms with Crippen LogP contribution in [0.4, 0.5) is 15.9 Å². The molecule has 4 rings (SSSR count). The summed E-state index contributed by atoms with van der Waals surface area (Å²) in [5.74, 6) is 0.331. The number of anilines is 2. The third-order valence-electron chi connectivity index (χ3n) is 5.52. The smallest absolute Gasteiger partial charge is 0.256 e. The van der Waals surface area contributed by atoms with Crippen molar-refractivity contribution in [2.75, 3.05) is 11.9 Å². The first-order valence-corrected chi connectivity index (χ1v) is 9.46. The van der Waals surface area contributed by atoms with Gasteiger partial charge in [-0.15, -0.1) is 0 Å². The van der Waals surface area contributed by atoms with Crippen LogP contribution in [0.15, 0.2) is 24.3 Å². The molecule has 0 spiro atoms. The fourth-order valence-corrected chi connectivity index (χ4v) is 4.10. The summed E-state index contributed by atoms with van der Waals surface area (Å²) in [6.45, 7) is 1.23. The number of carbonyl (C=O) groups excluding carboxylic acids is 1. The van der Waals surface area contributed by atoms with E-state index in [0.29, 0.717) is 36.6 Å². The van der Waals surface area contributed by atoms with E-state index in [1.54, 1.807) is 12.1 Å². The lowest BCUT2D eigenvalue weighted by Gasteiger charge is -2.27. The first-order valence-electron chi connectivity index (χ1n) is 9.46. The molecule has 6 nitrogen and oxygen atoms in total. The van der Waals surface area contributed by atoms with E-state index in [-0.39, 0.29) is 23.6 Å². The summed E-state index contributed by atoms with van der Waals surface area (Å²) in [6.07, 6.45) is 4.90. The molecule has 2 aromatic rings. The predicted octanol–water partition coefficient (Wildman–Crippen LogP) is 3.38. The topological polar surface area (TPSA) is 82.7 Å². The van der Waals surface area contributed by atoms with Crippen LogP contribution in [0, 0.1) is 29.0 Å². The molecule has 1 aromatic carbocycles. The highest BCUT2D eigenvalue weighted by Gasteiger charge is 2.31. The number of halogens is 1. The van der Waals surface area contributed by atoms with E-state index in [2.05, 4.69) is 21.8 Å². The van der Waals surface area contributed by atoms with E-state index in [1.807, 2.05) is 4.68 Å². The minimum atomic E-state index is -0.314. The second-order valence-electron chi connectivity index (χ2n) is 7.27. The van der Waals surface area contributed by atoms with Gasteiger partial charge in [0.2, 0.25) is 0 Å². The highest BCUT2D eigenvalue weighted by Crippen LogP contribution is 2.33. The van der Waals surface area contributed by atoms with Gasteiger partial charge in [0.15, 0.2) is 5.82 Å². The van der Waals surface area contributed by atoms with E-state index in [1.165, 1.54) is 12.1 Å². The molecule has 0 bridgehead atoms. The maximum atomic E-state index is 13.2. The van der Waals surface area contributed by atoms with Gasteiger partial charge in [-0.1, -0.05) is 12.8 Å². The van der Waals surface area contributed by atoms with Crippen molar-refractivity contribution in [2.45, 2.75) is 38.6 Å². The fourth-order valence-electron chi connectivity index (χ4n) is 4.10. The minimum absolute atomic E-state index is 0.0459. The molecule has 1 fully saturated rings. The van der Waals surface area contributed by atoms with Crippen LogP contribution in [-0.2, 0) is 13.0 Å². The monoisotopic (exact) mass is 367 g/mol. The molecule has 2 N–H and O–H groups in total. The Morgan fingerprint density at radius 1 is 1.30 bits per heavy atom. The third-order valence-corrected chi connectivity index (χ3v) is 5.52. The zero-order valence-electron chi connectivity index (χ0n) is 15.0. The molecule has 0 saturated heterocycles. The molecule has 2 heterocycles. The van der Waals surface area contributed by atoms with Crippen LogP contribution < -0.4 is 10.6 Å². The van der Waals surface area contributed by atoms with Gasteiger partial charge in [0.1, 0.15) is 11.4 Å². The number of carbonyl (C=O) groups is 1. The molecule has 7 heteroatoms. The largest absolute Gasteiger partial charge is 0.351 e. The highest BCUT2D eigenvalue weighted by atomic mass is 19.1. The van der Waals surface area contributed by atoms with Crippen molar-refractivity contribution in [1.29, 1.82) is 5.26 Å². The maximum Gasteiger partial charge on any atom is 0.256 e. The number of fused-ring (bicyclic) bond motifs is 1. The zero-order chi connectivity index (χ0) is 18.8. The summed E-state index contributed by atoms with van der Waals surface area (Å²) in [5.41, 5.74) is 2.13. The van der Waals surface area contributed by atoms with Crippen molar-refractivity contribution in [3.05, 3.63) is 41.3 Å². The second kappa shape index (κ2) is 7.39. The second-order valence-corrected chi connectivity index (χ2v) is 7.27. The summed E-state index contributed by atoms with van der Waals surface area (Å²) < 4.78 is 15.1. The van der Waals surface area contributed by atoms with Crippen LogP contribution in [0.25, 0.3) is 0 Å². The Kier molecular flexibility index (Phi) is 4.80. The molecule has 1 amide bonds. The van der Waals surface area contributed by atoms with Gasteiger partial charge in [-0.05, 0) is 43.0 Å². The predicted molar refractivity (Wildman–Crippen MR) is 99.0 cm³/mol. The Bertz CT molecular complexity index is 883. The first kappa shape index (κ1) is 17.5. The van der Waals surface area contributed by atoms with Gasteiger partial charge in [0.25, 0.3) is 5.91 Å². The molecule has 140 valence electrons. The van der Waals surface area contributed by atoms with E-state index in [0.717, 1.165) is 31.4 Å². The SMILES string of the molecule is N#C[C@@H]1CCCC[C@@H]1Cn1nc(Nc2ccc(F)cc2)c2c1CCNC2=O. The zero-order valence-corrected chi connectivity index (χ0v) is 15.0.